The Hall–Kier alpha value is -0.850. The number of nitrogens with one attached hydrogen (secondary N) is 2. The van der Waals surface area contributed by atoms with Crippen LogP contribution in [0.3, 0.4) is 0 Å². The summed E-state index contributed by atoms with van der Waals surface area (Å²) in [6, 6.07) is 0.509. The minimum atomic E-state index is 0.509. The molecule has 0 spiro atoms. The molecule has 2 saturated heterocycles. The lowest BCUT2D eigenvalue weighted by Crippen LogP contribution is -2.50. The zero-order chi connectivity index (χ0) is 19.5. The van der Waals surface area contributed by atoms with Gasteiger partial charge in [-0.15, -0.1) is 0 Å². The number of rotatable bonds is 9. The SMILES string of the molecule is CCNC(=NCC(C)N1CCN(CC)CC1)NCCCN1CCC(C)CC1. The number of piperazine rings is 1. The average Bonchev–Trinajstić information content (AvgIpc) is 2.70. The molecule has 0 aliphatic carbocycles. The van der Waals surface area contributed by atoms with E-state index in [-0.39, 0.29) is 0 Å². The number of hydrogen-bond acceptors (Lipinski definition) is 4. The molecule has 27 heavy (non-hydrogen) atoms. The Morgan fingerprint density at radius 3 is 2.33 bits per heavy atom. The number of piperidine rings is 1. The van der Waals surface area contributed by atoms with Crippen molar-refractivity contribution in [2.75, 3.05) is 72.0 Å². The third-order valence-electron chi connectivity index (χ3n) is 6.16. The molecule has 0 aromatic carbocycles. The molecule has 2 aliphatic rings. The fourth-order valence-corrected chi connectivity index (χ4v) is 4.00. The van der Waals surface area contributed by atoms with Crippen molar-refractivity contribution >= 4 is 5.96 Å². The van der Waals surface area contributed by atoms with Crippen molar-refractivity contribution in [3.8, 4) is 0 Å². The molecule has 158 valence electrons. The van der Waals surface area contributed by atoms with Gasteiger partial charge in [0, 0.05) is 45.3 Å². The third kappa shape index (κ3) is 8.36. The van der Waals surface area contributed by atoms with Crippen LogP contribution >= 0.6 is 0 Å². The van der Waals surface area contributed by atoms with E-state index in [0.717, 1.165) is 31.5 Å². The summed E-state index contributed by atoms with van der Waals surface area (Å²) in [5.41, 5.74) is 0. The van der Waals surface area contributed by atoms with Gasteiger partial charge < -0.3 is 20.4 Å². The van der Waals surface area contributed by atoms with Crippen LogP contribution in [0.5, 0.6) is 0 Å². The van der Waals surface area contributed by atoms with Gasteiger partial charge >= 0.3 is 0 Å². The van der Waals surface area contributed by atoms with Crippen molar-refractivity contribution in [3.63, 3.8) is 0 Å². The summed E-state index contributed by atoms with van der Waals surface area (Å²) in [6.07, 6.45) is 3.91. The fraction of sp³-hybridized carbons (Fsp3) is 0.952. The molecule has 0 amide bonds. The first-order chi connectivity index (χ1) is 13.1. The molecule has 2 rings (SSSR count). The second-order valence-electron chi connectivity index (χ2n) is 8.34. The average molecular weight is 381 g/mol. The largest absolute Gasteiger partial charge is 0.357 e. The minimum absolute atomic E-state index is 0.509. The lowest BCUT2D eigenvalue weighted by molar-refractivity contribution is 0.109. The first kappa shape index (κ1) is 22.4. The molecule has 6 nitrogen and oxygen atoms in total. The number of likely N-dealkylation sites (N-methyl/N-ethyl adjacent to an activating group) is 1. The Morgan fingerprint density at radius 2 is 1.70 bits per heavy atom. The quantitative estimate of drug-likeness (QED) is 0.362. The van der Waals surface area contributed by atoms with Gasteiger partial charge in [-0.25, -0.2) is 0 Å². The van der Waals surface area contributed by atoms with E-state index in [1.54, 1.807) is 0 Å². The highest BCUT2D eigenvalue weighted by molar-refractivity contribution is 5.79. The van der Waals surface area contributed by atoms with Crippen LogP contribution in [0.25, 0.3) is 0 Å². The molecule has 0 bridgehead atoms. The van der Waals surface area contributed by atoms with Crippen LogP contribution in [-0.4, -0.2) is 98.7 Å². The highest BCUT2D eigenvalue weighted by atomic mass is 15.3. The van der Waals surface area contributed by atoms with Crippen molar-refractivity contribution in [2.24, 2.45) is 10.9 Å². The predicted octanol–water partition coefficient (Wildman–Crippen LogP) is 1.69. The fourth-order valence-electron chi connectivity index (χ4n) is 4.00. The molecule has 0 radical (unpaired) electrons. The number of likely N-dealkylation sites (tertiary alicyclic amines) is 1. The summed E-state index contributed by atoms with van der Waals surface area (Å²) in [7, 11) is 0. The van der Waals surface area contributed by atoms with Crippen molar-refractivity contribution in [1.82, 2.24) is 25.3 Å². The number of aliphatic imine (C=N–C) groups is 1. The van der Waals surface area contributed by atoms with Crippen molar-refractivity contribution in [2.45, 2.75) is 53.0 Å². The molecule has 2 fully saturated rings. The summed E-state index contributed by atoms with van der Waals surface area (Å²) in [4.78, 5) is 12.6. The maximum Gasteiger partial charge on any atom is 0.191 e. The molecule has 0 saturated carbocycles. The summed E-state index contributed by atoms with van der Waals surface area (Å²) < 4.78 is 0. The Bertz CT molecular complexity index is 411. The zero-order valence-electron chi connectivity index (χ0n) is 18.3. The lowest BCUT2D eigenvalue weighted by atomic mass is 9.99. The maximum absolute atomic E-state index is 4.85. The van der Waals surface area contributed by atoms with Gasteiger partial charge in [-0.2, -0.15) is 0 Å². The standard InChI is InChI=1S/C21H44N6/c1-5-22-21(23-10-7-11-26-12-8-19(3)9-13-26)24-18-20(4)27-16-14-25(6-2)15-17-27/h19-20H,5-18H2,1-4H3,(H2,22,23,24). The summed E-state index contributed by atoms with van der Waals surface area (Å²) >= 11 is 0. The normalized spacial score (nSPS) is 22.7. The first-order valence-corrected chi connectivity index (χ1v) is 11.3. The van der Waals surface area contributed by atoms with Gasteiger partial charge in [-0.1, -0.05) is 13.8 Å². The molecular weight excluding hydrogens is 336 g/mol. The van der Waals surface area contributed by atoms with Crippen molar-refractivity contribution in [1.29, 1.82) is 0 Å². The van der Waals surface area contributed by atoms with Gasteiger partial charge in [-0.3, -0.25) is 9.89 Å². The number of hydrogen-bond donors (Lipinski definition) is 2. The Morgan fingerprint density at radius 1 is 1.00 bits per heavy atom. The summed E-state index contributed by atoms with van der Waals surface area (Å²) in [5, 5.41) is 6.93. The molecule has 2 aliphatic heterocycles. The van der Waals surface area contributed by atoms with E-state index < -0.39 is 0 Å². The monoisotopic (exact) mass is 380 g/mol. The first-order valence-electron chi connectivity index (χ1n) is 11.3. The topological polar surface area (TPSA) is 46.1 Å². The van der Waals surface area contributed by atoms with Gasteiger partial charge in [-0.05, 0) is 65.2 Å². The highest BCUT2D eigenvalue weighted by Crippen LogP contribution is 2.15. The van der Waals surface area contributed by atoms with E-state index in [0.29, 0.717) is 6.04 Å². The highest BCUT2D eigenvalue weighted by Gasteiger charge is 2.20. The van der Waals surface area contributed by atoms with Crippen LogP contribution in [-0.2, 0) is 0 Å². The molecule has 2 N–H and O–H groups in total. The minimum Gasteiger partial charge on any atom is -0.357 e. The molecule has 0 aromatic rings. The van der Waals surface area contributed by atoms with Gasteiger partial charge in [0.2, 0.25) is 0 Å². The lowest BCUT2D eigenvalue weighted by Gasteiger charge is -2.37. The molecule has 6 heteroatoms. The van der Waals surface area contributed by atoms with E-state index in [1.807, 2.05) is 0 Å². The van der Waals surface area contributed by atoms with Crippen molar-refractivity contribution in [3.05, 3.63) is 0 Å². The molecule has 1 unspecified atom stereocenters. The van der Waals surface area contributed by atoms with Gasteiger partial charge in [0.25, 0.3) is 0 Å². The van der Waals surface area contributed by atoms with E-state index in [2.05, 4.69) is 53.0 Å². The maximum atomic E-state index is 4.85. The molecule has 2 heterocycles. The van der Waals surface area contributed by atoms with E-state index >= 15 is 0 Å². The molecular formula is C21H44N6. The van der Waals surface area contributed by atoms with Crippen LogP contribution in [0.4, 0.5) is 0 Å². The molecule has 0 aromatic heterocycles. The molecule has 1 atom stereocenters. The zero-order valence-corrected chi connectivity index (χ0v) is 18.3. The Labute approximate surface area is 167 Å². The second kappa shape index (κ2) is 12.6. The predicted molar refractivity (Wildman–Crippen MR) is 117 cm³/mol. The summed E-state index contributed by atoms with van der Waals surface area (Å²) in [5.74, 6) is 1.89. The Balaban J connectivity index is 1.65. The van der Waals surface area contributed by atoms with Gasteiger partial charge in [0.05, 0.1) is 6.54 Å². The van der Waals surface area contributed by atoms with Crippen LogP contribution < -0.4 is 10.6 Å². The van der Waals surface area contributed by atoms with Crippen LogP contribution in [0, 0.1) is 5.92 Å². The van der Waals surface area contributed by atoms with Crippen LogP contribution in [0.2, 0.25) is 0 Å². The van der Waals surface area contributed by atoms with E-state index in [1.165, 1.54) is 71.6 Å². The van der Waals surface area contributed by atoms with Gasteiger partial charge in [0.15, 0.2) is 5.96 Å². The number of guanidine groups is 1. The summed E-state index contributed by atoms with van der Waals surface area (Å²) in [6.45, 7) is 21.5. The van der Waals surface area contributed by atoms with Crippen molar-refractivity contribution < 1.29 is 0 Å². The van der Waals surface area contributed by atoms with Crippen LogP contribution in [0.15, 0.2) is 4.99 Å². The van der Waals surface area contributed by atoms with E-state index in [4.69, 9.17) is 4.99 Å². The Kier molecular flexibility index (Phi) is 10.5. The van der Waals surface area contributed by atoms with E-state index in [9.17, 15) is 0 Å². The third-order valence-corrected chi connectivity index (χ3v) is 6.16. The second-order valence-corrected chi connectivity index (χ2v) is 8.34. The van der Waals surface area contributed by atoms with Gasteiger partial charge in [0.1, 0.15) is 0 Å². The smallest absolute Gasteiger partial charge is 0.191 e. The number of nitrogens with zero attached hydrogens (tertiary/aromatic N) is 4. The van der Waals surface area contributed by atoms with Crippen LogP contribution in [0.1, 0.15) is 47.0 Å².